The summed E-state index contributed by atoms with van der Waals surface area (Å²) in [5, 5.41) is 0. The van der Waals surface area contributed by atoms with Gasteiger partial charge < -0.3 is 4.74 Å². The summed E-state index contributed by atoms with van der Waals surface area (Å²) in [4.78, 5) is 11.3. The third kappa shape index (κ3) is 4.45. The molecule has 0 saturated heterocycles. The molecule has 14 heavy (non-hydrogen) atoms. The Bertz CT molecular complexity index is 241. The molecule has 0 aromatic carbocycles. The van der Waals surface area contributed by atoms with E-state index in [9.17, 15) is 4.79 Å². The zero-order valence-corrected chi connectivity index (χ0v) is 8.37. The van der Waals surface area contributed by atoms with Crippen molar-refractivity contribution in [2.45, 2.75) is 18.9 Å². The van der Waals surface area contributed by atoms with Gasteiger partial charge in [0.25, 0.3) is 0 Å². The van der Waals surface area contributed by atoms with Gasteiger partial charge in [-0.15, -0.1) is 13.2 Å². The highest BCUT2D eigenvalue weighted by molar-refractivity contribution is 5.90. The number of hydrogen-bond donors (Lipinski definition) is 0. The van der Waals surface area contributed by atoms with Gasteiger partial charge in [-0.25, -0.2) is 4.79 Å². The molecule has 2 nitrogen and oxygen atoms in total. The maximum atomic E-state index is 11.3. The Morgan fingerprint density at radius 1 is 1.21 bits per heavy atom. The van der Waals surface area contributed by atoms with E-state index < -0.39 is 5.97 Å². The van der Waals surface area contributed by atoms with Crippen LogP contribution in [0.3, 0.4) is 0 Å². The van der Waals surface area contributed by atoms with Gasteiger partial charge in [-0.3, -0.25) is 0 Å². The Morgan fingerprint density at radius 2 is 1.71 bits per heavy atom. The van der Waals surface area contributed by atoms with E-state index in [2.05, 4.69) is 26.3 Å². The van der Waals surface area contributed by atoms with Gasteiger partial charge in [0.2, 0.25) is 0 Å². The summed E-state index contributed by atoms with van der Waals surface area (Å²) < 4.78 is 5.13. The average molecular weight is 192 g/mol. The predicted octanol–water partition coefficient (Wildman–Crippen LogP) is 2.79. The quantitative estimate of drug-likeness (QED) is 0.268. The second-order valence-corrected chi connectivity index (χ2v) is 2.81. The highest BCUT2D eigenvalue weighted by Crippen LogP contribution is 2.08. The van der Waals surface area contributed by atoms with Crippen molar-refractivity contribution in [3.63, 3.8) is 0 Å². The first kappa shape index (κ1) is 12.4. The molecule has 0 bridgehead atoms. The van der Waals surface area contributed by atoms with Crippen LogP contribution in [0.1, 0.15) is 12.8 Å². The van der Waals surface area contributed by atoms with E-state index in [1.54, 1.807) is 12.2 Å². The van der Waals surface area contributed by atoms with Gasteiger partial charge in [0.05, 0.1) is 5.57 Å². The number of rotatable bonds is 7. The van der Waals surface area contributed by atoms with Gasteiger partial charge in [-0.1, -0.05) is 31.4 Å². The molecule has 76 valence electrons. The number of ether oxygens (including phenoxy) is 1. The lowest BCUT2D eigenvalue weighted by Crippen LogP contribution is -2.17. The van der Waals surface area contributed by atoms with E-state index in [0.29, 0.717) is 12.8 Å². The van der Waals surface area contributed by atoms with Gasteiger partial charge in [0.15, 0.2) is 0 Å². The molecule has 0 spiro atoms. The van der Waals surface area contributed by atoms with Gasteiger partial charge in [0, 0.05) is 12.8 Å². The lowest BCUT2D eigenvalue weighted by Gasteiger charge is -2.14. The first-order chi connectivity index (χ1) is 6.65. The van der Waals surface area contributed by atoms with Crippen LogP contribution in [0, 0.1) is 0 Å². The highest BCUT2D eigenvalue weighted by Gasteiger charge is 2.12. The van der Waals surface area contributed by atoms with E-state index in [0.717, 1.165) is 0 Å². The molecular formula is C12H16O2. The van der Waals surface area contributed by atoms with Crippen LogP contribution >= 0.6 is 0 Å². The van der Waals surface area contributed by atoms with Crippen LogP contribution < -0.4 is 0 Å². The van der Waals surface area contributed by atoms with Crippen molar-refractivity contribution in [1.82, 2.24) is 0 Å². The SMILES string of the molecule is C=CCC(CC=C)OC(=O)C(=C)C=C. The van der Waals surface area contributed by atoms with Crippen molar-refractivity contribution in [2.75, 3.05) is 0 Å². The first-order valence-electron chi connectivity index (χ1n) is 4.39. The Hall–Kier alpha value is -1.57. The van der Waals surface area contributed by atoms with Crippen LogP contribution in [-0.4, -0.2) is 12.1 Å². The van der Waals surface area contributed by atoms with Gasteiger partial charge in [-0.05, 0) is 0 Å². The first-order valence-corrected chi connectivity index (χ1v) is 4.39. The minimum Gasteiger partial charge on any atom is -0.458 e. The molecule has 0 atom stereocenters. The summed E-state index contributed by atoms with van der Waals surface area (Å²) in [6.45, 7) is 14.1. The van der Waals surface area contributed by atoms with E-state index in [1.165, 1.54) is 6.08 Å². The average Bonchev–Trinajstić information content (AvgIpc) is 2.17. The fraction of sp³-hybridized carbons (Fsp3) is 0.250. The minimum absolute atomic E-state index is 0.200. The van der Waals surface area contributed by atoms with E-state index in [1.807, 2.05) is 0 Å². The molecule has 0 aliphatic heterocycles. The van der Waals surface area contributed by atoms with Crippen LogP contribution in [0.25, 0.3) is 0 Å². The second kappa shape index (κ2) is 6.89. The molecule has 0 aromatic rings. The minimum atomic E-state index is -0.436. The van der Waals surface area contributed by atoms with Crippen LogP contribution in [0.4, 0.5) is 0 Å². The van der Waals surface area contributed by atoms with Crippen LogP contribution in [-0.2, 0) is 9.53 Å². The normalized spacial score (nSPS) is 9.21. The predicted molar refractivity (Wildman–Crippen MR) is 58.8 cm³/mol. The molecule has 0 radical (unpaired) electrons. The lowest BCUT2D eigenvalue weighted by atomic mass is 10.2. The third-order valence-corrected chi connectivity index (χ3v) is 1.64. The van der Waals surface area contributed by atoms with Crippen molar-refractivity contribution in [2.24, 2.45) is 0 Å². The van der Waals surface area contributed by atoms with Crippen molar-refractivity contribution >= 4 is 5.97 Å². The fourth-order valence-corrected chi connectivity index (χ4v) is 0.875. The van der Waals surface area contributed by atoms with Gasteiger partial charge in [0.1, 0.15) is 6.10 Å². The third-order valence-electron chi connectivity index (χ3n) is 1.64. The molecule has 0 fully saturated rings. The van der Waals surface area contributed by atoms with Crippen molar-refractivity contribution < 1.29 is 9.53 Å². The van der Waals surface area contributed by atoms with E-state index in [4.69, 9.17) is 4.74 Å². The largest absolute Gasteiger partial charge is 0.458 e. The standard InChI is InChI=1S/C12H16O2/c1-5-8-11(9-6-2)14-12(13)10(4)7-3/h5-7,11H,1-4,8-9H2. The Labute approximate surface area is 85.3 Å². The number of esters is 1. The summed E-state index contributed by atoms with van der Waals surface area (Å²) in [5.74, 6) is -0.436. The molecule has 2 heteroatoms. The van der Waals surface area contributed by atoms with Gasteiger partial charge in [-0.2, -0.15) is 0 Å². The molecule has 0 amide bonds. The Balaban J connectivity index is 4.20. The zero-order valence-electron chi connectivity index (χ0n) is 8.37. The summed E-state index contributed by atoms with van der Waals surface area (Å²) in [6, 6.07) is 0. The summed E-state index contributed by atoms with van der Waals surface area (Å²) in [5.41, 5.74) is 0.267. The second-order valence-electron chi connectivity index (χ2n) is 2.81. The molecule has 0 N–H and O–H groups in total. The molecule has 0 saturated carbocycles. The fourth-order valence-electron chi connectivity index (χ4n) is 0.875. The van der Waals surface area contributed by atoms with E-state index >= 15 is 0 Å². The lowest BCUT2D eigenvalue weighted by molar-refractivity contribution is -0.143. The highest BCUT2D eigenvalue weighted by atomic mass is 16.5. The molecule has 0 aliphatic rings. The van der Waals surface area contributed by atoms with Crippen molar-refractivity contribution in [3.05, 3.63) is 50.1 Å². The number of carbonyl (C=O) groups is 1. The molecule has 0 aliphatic carbocycles. The van der Waals surface area contributed by atoms with Crippen molar-refractivity contribution in [3.8, 4) is 0 Å². The molecule has 0 aromatic heterocycles. The van der Waals surface area contributed by atoms with Gasteiger partial charge >= 0.3 is 5.97 Å². The Morgan fingerprint density at radius 3 is 2.07 bits per heavy atom. The topological polar surface area (TPSA) is 26.3 Å². The van der Waals surface area contributed by atoms with Crippen molar-refractivity contribution in [1.29, 1.82) is 0 Å². The van der Waals surface area contributed by atoms with E-state index in [-0.39, 0.29) is 11.7 Å². The molecule has 0 heterocycles. The summed E-state index contributed by atoms with van der Waals surface area (Å²) >= 11 is 0. The summed E-state index contributed by atoms with van der Waals surface area (Å²) in [7, 11) is 0. The molecule has 0 unspecified atom stereocenters. The smallest absolute Gasteiger partial charge is 0.337 e. The number of carbonyl (C=O) groups excluding carboxylic acids is 1. The summed E-state index contributed by atoms with van der Waals surface area (Å²) in [6.07, 6.45) is 5.82. The Kier molecular flexibility index (Phi) is 6.12. The monoisotopic (exact) mass is 192 g/mol. The van der Waals surface area contributed by atoms with Crippen LogP contribution in [0.5, 0.6) is 0 Å². The maximum Gasteiger partial charge on any atom is 0.337 e. The maximum absolute atomic E-state index is 11.3. The molecule has 0 rings (SSSR count). The molecular weight excluding hydrogens is 176 g/mol. The van der Waals surface area contributed by atoms with Crippen LogP contribution in [0.15, 0.2) is 50.1 Å². The zero-order chi connectivity index (χ0) is 11.0. The number of hydrogen-bond acceptors (Lipinski definition) is 2. The van der Waals surface area contributed by atoms with Crippen LogP contribution in [0.2, 0.25) is 0 Å².